The minimum absolute atomic E-state index is 0.0182. The second-order valence-electron chi connectivity index (χ2n) is 11.4. The summed E-state index contributed by atoms with van der Waals surface area (Å²) in [6.07, 6.45) is 11.7. The Hall–Kier alpha value is -3.86. The summed E-state index contributed by atoms with van der Waals surface area (Å²) in [6, 6.07) is 22.5. The molecule has 3 N–H and O–H groups in total. The molecule has 1 heterocycles. The van der Waals surface area contributed by atoms with Crippen LogP contribution in [-0.4, -0.2) is 24.0 Å². The summed E-state index contributed by atoms with van der Waals surface area (Å²) in [4.78, 5) is 17.9. The van der Waals surface area contributed by atoms with E-state index in [0.29, 0.717) is 12.1 Å². The molecule has 0 unspecified atom stereocenters. The van der Waals surface area contributed by atoms with Crippen molar-refractivity contribution in [1.82, 2.24) is 10.3 Å². The van der Waals surface area contributed by atoms with Crippen molar-refractivity contribution in [2.75, 3.05) is 23.7 Å². The van der Waals surface area contributed by atoms with Crippen molar-refractivity contribution in [3.05, 3.63) is 94.7 Å². The van der Waals surface area contributed by atoms with E-state index in [2.05, 4.69) is 66.2 Å². The molecule has 4 aromatic rings. The first-order valence-corrected chi connectivity index (χ1v) is 15.5. The molecule has 1 aliphatic carbocycles. The molecule has 5 rings (SSSR count). The van der Waals surface area contributed by atoms with Gasteiger partial charge in [-0.25, -0.2) is 0 Å². The SMILES string of the molecule is Cc1cccc(Nc2ccccc2C(=O)NCCCCCCCCNc2c3c(nc4ccccc24)CCCC3)c1C. The van der Waals surface area contributed by atoms with Gasteiger partial charge in [0.1, 0.15) is 0 Å². The highest BCUT2D eigenvalue weighted by Crippen LogP contribution is 2.33. The van der Waals surface area contributed by atoms with Crippen LogP contribution in [-0.2, 0) is 12.8 Å². The second kappa shape index (κ2) is 14.2. The van der Waals surface area contributed by atoms with E-state index in [1.165, 1.54) is 72.0 Å². The second-order valence-corrected chi connectivity index (χ2v) is 11.4. The third-order valence-electron chi connectivity index (χ3n) is 8.41. The minimum atomic E-state index is -0.0182. The number of unbranched alkanes of at least 4 members (excludes halogenated alkanes) is 5. The Bertz CT molecular complexity index is 1480. The van der Waals surface area contributed by atoms with Gasteiger partial charge in [0.25, 0.3) is 5.91 Å². The van der Waals surface area contributed by atoms with E-state index in [1.54, 1.807) is 0 Å². The lowest BCUT2D eigenvalue weighted by atomic mass is 9.92. The molecule has 1 aromatic heterocycles. The third-order valence-corrected chi connectivity index (χ3v) is 8.41. The van der Waals surface area contributed by atoms with Gasteiger partial charge in [0, 0.05) is 35.5 Å². The monoisotopic (exact) mass is 548 g/mol. The maximum absolute atomic E-state index is 12.9. The Labute approximate surface area is 245 Å². The lowest BCUT2D eigenvalue weighted by Crippen LogP contribution is -2.25. The van der Waals surface area contributed by atoms with Gasteiger partial charge in [-0.05, 0) is 93.3 Å². The zero-order chi connectivity index (χ0) is 28.4. The van der Waals surface area contributed by atoms with Gasteiger partial charge < -0.3 is 16.0 Å². The van der Waals surface area contributed by atoms with Crippen LogP contribution in [0.3, 0.4) is 0 Å². The van der Waals surface area contributed by atoms with Crippen LogP contribution in [0.15, 0.2) is 66.7 Å². The van der Waals surface area contributed by atoms with Crippen LogP contribution in [0.5, 0.6) is 0 Å². The van der Waals surface area contributed by atoms with Crippen LogP contribution >= 0.6 is 0 Å². The Morgan fingerprint density at radius 3 is 2.34 bits per heavy atom. The molecule has 0 bridgehead atoms. The van der Waals surface area contributed by atoms with Crippen molar-refractivity contribution in [2.24, 2.45) is 0 Å². The number of hydrogen-bond donors (Lipinski definition) is 3. The lowest BCUT2D eigenvalue weighted by Gasteiger charge is -2.21. The van der Waals surface area contributed by atoms with Crippen LogP contribution in [0, 0.1) is 13.8 Å². The van der Waals surface area contributed by atoms with Gasteiger partial charge in [0.05, 0.1) is 16.8 Å². The number of pyridine rings is 1. The first-order valence-electron chi connectivity index (χ1n) is 15.5. The van der Waals surface area contributed by atoms with Gasteiger partial charge in [-0.2, -0.15) is 0 Å². The zero-order valence-electron chi connectivity index (χ0n) is 24.7. The van der Waals surface area contributed by atoms with Crippen LogP contribution in [0.1, 0.15) is 84.1 Å². The number of hydrogen-bond acceptors (Lipinski definition) is 4. The highest BCUT2D eigenvalue weighted by molar-refractivity contribution is 6.00. The number of nitrogens with one attached hydrogen (secondary N) is 3. The molecule has 0 saturated heterocycles. The number of amides is 1. The number of benzene rings is 3. The number of nitrogens with zero attached hydrogens (tertiary/aromatic N) is 1. The zero-order valence-corrected chi connectivity index (χ0v) is 24.7. The third kappa shape index (κ3) is 7.27. The van der Waals surface area contributed by atoms with Gasteiger partial charge in [-0.1, -0.05) is 68.1 Å². The van der Waals surface area contributed by atoms with E-state index in [4.69, 9.17) is 4.98 Å². The summed E-state index contributed by atoms with van der Waals surface area (Å²) in [6.45, 7) is 5.92. The number of carbonyl (C=O) groups excluding carboxylic acids is 1. The highest BCUT2D eigenvalue weighted by Gasteiger charge is 2.17. The number of para-hydroxylation sites is 2. The smallest absolute Gasteiger partial charge is 0.253 e. The molecule has 1 aliphatic rings. The van der Waals surface area contributed by atoms with Crippen LogP contribution in [0.4, 0.5) is 17.1 Å². The Morgan fingerprint density at radius 1 is 0.756 bits per heavy atom. The largest absolute Gasteiger partial charge is 0.384 e. The number of carbonyl (C=O) groups is 1. The Kier molecular flexibility index (Phi) is 9.90. The number of anilines is 3. The quantitative estimate of drug-likeness (QED) is 0.146. The molecule has 0 radical (unpaired) electrons. The number of aryl methyl sites for hydroxylation is 2. The summed E-state index contributed by atoms with van der Waals surface area (Å²) in [5, 5.41) is 11.6. The molecule has 3 aromatic carbocycles. The number of aromatic nitrogens is 1. The molecular weight excluding hydrogens is 504 g/mol. The molecule has 0 atom stereocenters. The van der Waals surface area contributed by atoms with E-state index >= 15 is 0 Å². The van der Waals surface area contributed by atoms with Crippen molar-refractivity contribution < 1.29 is 4.79 Å². The molecule has 5 heteroatoms. The van der Waals surface area contributed by atoms with Gasteiger partial charge in [0.15, 0.2) is 0 Å². The van der Waals surface area contributed by atoms with E-state index in [-0.39, 0.29) is 5.91 Å². The highest BCUT2D eigenvalue weighted by atomic mass is 16.1. The average molecular weight is 549 g/mol. The van der Waals surface area contributed by atoms with Crippen molar-refractivity contribution in [3.8, 4) is 0 Å². The Balaban J connectivity index is 1.00. The summed E-state index contributed by atoms with van der Waals surface area (Å²) in [5.41, 5.74) is 10.2. The average Bonchev–Trinajstić information content (AvgIpc) is 3.00. The van der Waals surface area contributed by atoms with Gasteiger partial charge in [-0.3, -0.25) is 9.78 Å². The molecular formula is C36H44N4O. The minimum Gasteiger partial charge on any atom is -0.384 e. The molecule has 0 fully saturated rings. The lowest BCUT2D eigenvalue weighted by molar-refractivity contribution is 0.0953. The molecule has 0 saturated carbocycles. The predicted octanol–water partition coefficient (Wildman–Crippen LogP) is 8.66. The van der Waals surface area contributed by atoms with E-state index in [1.807, 2.05) is 30.3 Å². The molecule has 41 heavy (non-hydrogen) atoms. The summed E-state index contributed by atoms with van der Waals surface area (Å²) < 4.78 is 0. The fourth-order valence-electron chi connectivity index (χ4n) is 5.86. The van der Waals surface area contributed by atoms with Crippen LogP contribution in [0.25, 0.3) is 10.9 Å². The summed E-state index contributed by atoms with van der Waals surface area (Å²) in [7, 11) is 0. The van der Waals surface area contributed by atoms with Crippen molar-refractivity contribution in [2.45, 2.75) is 78.1 Å². The Morgan fingerprint density at radius 2 is 1.46 bits per heavy atom. The van der Waals surface area contributed by atoms with E-state index in [0.717, 1.165) is 49.1 Å². The standard InChI is InChI=1S/C36H44N4O/c1-26-16-15-23-31(27(26)2)39-34-22-12-9-19-30(34)36(41)38-25-14-6-4-3-5-13-24-37-35-28-17-7-10-20-32(28)40-33-21-11-8-18-29(33)35/h7,9-10,12,15-17,19-20,22-23,39H,3-6,8,11,13-14,18,21,24-25H2,1-2H3,(H,37,40)(H,38,41). The van der Waals surface area contributed by atoms with Crippen molar-refractivity contribution in [3.63, 3.8) is 0 Å². The molecule has 5 nitrogen and oxygen atoms in total. The molecule has 0 aliphatic heterocycles. The predicted molar refractivity (Wildman–Crippen MR) is 173 cm³/mol. The van der Waals surface area contributed by atoms with E-state index < -0.39 is 0 Å². The molecule has 1 amide bonds. The van der Waals surface area contributed by atoms with Gasteiger partial charge in [0.2, 0.25) is 0 Å². The maximum atomic E-state index is 12.9. The number of rotatable bonds is 13. The van der Waals surface area contributed by atoms with Crippen LogP contribution in [0.2, 0.25) is 0 Å². The fraction of sp³-hybridized carbons (Fsp3) is 0.389. The topological polar surface area (TPSA) is 66.1 Å². The fourth-order valence-corrected chi connectivity index (χ4v) is 5.86. The summed E-state index contributed by atoms with van der Waals surface area (Å²) >= 11 is 0. The summed E-state index contributed by atoms with van der Waals surface area (Å²) in [5.74, 6) is -0.0182. The van der Waals surface area contributed by atoms with Crippen LogP contribution < -0.4 is 16.0 Å². The van der Waals surface area contributed by atoms with E-state index in [9.17, 15) is 4.79 Å². The number of fused-ring (bicyclic) bond motifs is 2. The van der Waals surface area contributed by atoms with Gasteiger partial charge >= 0.3 is 0 Å². The van der Waals surface area contributed by atoms with Gasteiger partial charge in [-0.15, -0.1) is 0 Å². The maximum Gasteiger partial charge on any atom is 0.253 e. The first kappa shape index (κ1) is 28.7. The molecule has 214 valence electrons. The first-order chi connectivity index (χ1) is 20.1. The normalized spacial score (nSPS) is 12.6. The van der Waals surface area contributed by atoms with Crippen molar-refractivity contribution in [1.29, 1.82) is 0 Å². The van der Waals surface area contributed by atoms with Crippen molar-refractivity contribution >= 4 is 33.9 Å². The molecule has 0 spiro atoms.